The van der Waals surface area contributed by atoms with E-state index in [1.807, 2.05) is 25.1 Å². The third-order valence-corrected chi connectivity index (χ3v) is 3.24. The van der Waals surface area contributed by atoms with Crippen molar-refractivity contribution in [1.82, 2.24) is 5.32 Å². The number of halogens is 2. The first kappa shape index (κ1) is 13.8. The summed E-state index contributed by atoms with van der Waals surface area (Å²) in [6.07, 6.45) is 0. The monoisotopic (exact) mass is 279 g/mol. The van der Waals surface area contributed by atoms with Crippen molar-refractivity contribution in [3.63, 3.8) is 0 Å². The molecule has 0 aliphatic heterocycles. The Labute approximate surface area is 116 Å². The second-order valence-electron chi connectivity index (χ2n) is 4.43. The van der Waals surface area contributed by atoms with Crippen LogP contribution in [-0.2, 0) is 13.1 Å². The van der Waals surface area contributed by atoms with Crippen LogP contribution in [0.5, 0.6) is 5.75 Å². The van der Waals surface area contributed by atoms with Gasteiger partial charge < -0.3 is 10.4 Å². The van der Waals surface area contributed by atoms with Gasteiger partial charge in [-0.3, -0.25) is 0 Å². The van der Waals surface area contributed by atoms with Gasteiger partial charge in [0.25, 0.3) is 0 Å². The van der Waals surface area contributed by atoms with Gasteiger partial charge >= 0.3 is 0 Å². The van der Waals surface area contributed by atoms with Crippen LogP contribution in [0.2, 0.25) is 5.02 Å². The fourth-order valence-electron chi connectivity index (χ4n) is 1.85. The molecule has 0 saturated carbocycles. The lowest BCUT2D eigenvalue weighted by molar-refractivity contribution is 0.460. The molecule has 0 fully saturated rings. The molecule has 0 bridgehead atoms. The number of hydrogen-bond donors (Lipinski definition) is 2. The summed E-state index contributed by atoms with van der Waals surface area (Å²) >= 11 is 5.71. The largest absolute Gasteiger partial charge is 0.507 e. The van der Waals surface area contributed by atoms with Gasteiger partial charge in [0, 0.05) is 18.7 Å². The van der Waals surface area contributed by atoms with E-state index in [1.165, 1.54) is 6.07 Å². The average Bonchev–Trinajstić information content (AvgIpc) is 2.39. The average molecular weight is 280 g/mol. The van der Waals surface area contributed by atoms with Crippen LogP contribution >= 0.6 is 11.6 Å². The fraction of sp³-hybridized carbons (Fsp3) is 0.200. The van der Waals surface area contributed by atoms with Gasteiger partial charge in [0.05, 0.1) is 5.02 Å². The Morgan fingerprint density at radius 3 is 2.74 bits per heavy atom. The van der Waals surface area contributed by atoms with Crippen LogP contribution in [0.3, 0.4) is 0 Å². The second kappa shape index (κ2) is 6.04. The highest BCUT2D eigenvalue weighted by Gasteiger charge is 2.04. The predicted molar refractivity (Wildman–Crippen MR) is 74.8 cm³/mol. The maximum Gasteiger partial charge on any atom is 0.141 e. The van der Waals surface area contributed by atoms with E-state index in [2.05, 4.69) is 5.32 Å². The van der Waals surface area contributed by atoms with E-state index in [9.17, 15) is 9.50 Å². The van der Waals surface area contributed by atoms with Crippen LogP contribution < -0.4 is 5.32 Å². The number of aryl methyl sites for hydroxylation is 1. The summed E-state index contributed by atoms with van der Waals surface area (Å²) in [6.45, 7) is 2.97. The lowest BCUT2D eigenvalue weighted by atomic mass is 10.1. The van der Waals surface area contributed by atoms with E-state index in [0.29, 0.717) is 18.8 Å². The molecule has 2 rings (SSSR count). The number of rotatable bonds is 4. The highest BCUT2D eigenvalue weighted by molar-refractivity contribution is 6.30. The number of hydrogen-bond acceptors (Lipinski definition) is 2. The number of aromatic hydroxyl groups is 1. The minimum atomic E-state index is -0.415. The number of benzene rings is 2. The van der Waals surface area contributed by atoms with Crippen molar-refractivity contribution in [2.45, 2.75) is 20.0 Å². The van der Waals surface area contributed by atoms with Crippen molar-refractivity contribution in [2.24, 2.45) is 0 Å². The summed E-state index contributed by atoms with van der Waals surface area (Å²) in [5, 5.41) is 13.2. The Hall–Kier alpha value is -1.58. The van der Waals surface area contributed by atoms with Crippen LogP contribution in [0.4, 0.5) is 4.39 Å². The smallest absolute Gasteiger partial charge is 0.141 e. The Balaban J connectivity index is 1.96. The summed E-state index contributed by atoms with van der Waals surface area (Å²) in [7, 11) is 0. The Morgan fingerprint density at radius 2 is 2.00 bits per heavy atom. The highest BCUT2D eigenvalue weighted by atomic mass is 35.5. The van der Waals surface area contributed by atoms with E-state index in [-0.39, 0.29) is 5.02 Å². The number of phenols is 1. The predicted octanol–water partition coefficient (Wildman–Crippen LogP) is 3.78. The Kier molecular flexibility index (Phi) is 4.40. The van der Waals surface area contributed by atoms with Crippen molar-refractivity contribution in [1.29, 1.82) is 0 Å². The van der Waals surface area contributed by atoms with Gasteiger partial charge in [-0.25, -0.2) is 4.39 Å². The summed E-state index contributed by atoms with van der Waals surface area (Å²) in [4.78, 5) is 0. The molecule has 4 heteroatoms. The zero-order valence-corrected chi connectivity index (χ0v) is 11.3. The van der Waals surface area contributed by atoms with Crippen molar-refractivity contribution in [3.05, 3.63) is 63.9 Å². The van der Waals surface area contributed by atoms with Crippen LogP contribution in [0.25, 0.3) is 0 Å². The molecule has 2 aromatic carbocycles. The molecule has 0 aliphatic rings. The number of phenolic OH excluding ortho intramolecular Hbond substituents is 1. The molecular weight excluding hydrogens is 265 g/mol. The van der Waals surface area contributed by atoms with Gasteiger partial charge in [0.1, 0.15) is 11.6 Å². The van der Waals surface area contributed by atoms with Gasteiger partial charge in [-0.2, -0.15) is 0 Å². The SMILES string of the molecule is Cc1cccc(CNCc2ccc(F)c(Cl)c2)c1O. The Morgan fingerprint density at radius 1 is 1.21 bits per heavy atom. The molecule has 100 valence electrons. The lowest BCUT2D eigenvalue weighted by Gasteiger charge is -2.09. The minimum absolute atomic E-state index is 0.123. The topological polar surface area (TPSA) is 32.3 Å². The van der Waals surface area contributed by atoms with Gasteiger partial charge in [0.2, 0.25) is 0 Å². The van der Waals surface area contributed by atoms with E-state index in [0.717, 1.165) is 16.7 Å². The lowest BCUT2D eigenvalue weighted by Crippen LogP contribution is -2.13. The fourth-order valence-corrected chi connectivity index (χ4v) is 2.06. The quantitative estimate of drug-likeness (QED) is 0.893. The molecule has 0 spiro atoms. The molecule has 0 radical (unpaired) electrons. The summed E-state index contributed by atoms with van der Waals surface area (Å²) in [6, 6.07) is 10.3. The van der Waals surface area contributed by atoms with E-state index in [1.54, 1.807) is 12.1 Å². The molecule has 0 heterocycles. The third kappa shape index (κ3) is 3.46. The Bertz CT molecular complexity index is 586. The van der Waals surface area contributed by atoms with Crippen molar-refractivity contribution < 1.29 is 9.50 Å². The molecule has 19 heavy (non-hydrogen) atoms. The van der Waals surface area contributed by atoms with Crippen molar-refractivity contribution in [3.8, 4) is 5.75 Å². The molecule has 2 N–H and O–H groups in total. The molecule has 0 unspecified atom stereocenters. The van der Waals surface area contributed by atoms with E-state index < -0.39 is 5.82 Å². The molecular formula is C15H15ClFNO. The molecule has 0 aliphatic carbocycles. The normalized spacial score (nSPS) is 10.7. The zero-order valence-electron chi connectivity index (χ0n) is 10.6. The molecule has 2 nitrogen and oxygen atoms in total. The highest BCUT2D eigenvalue weighted by Crippen LogP contribution is 2.21. The third-order valence-electron chi connectivity index (χ3n) is 2.95. The zero-order chi connectivity index (χ0) is 13.8. The van der Waals surface area contributed by atoms with Gasteiger partial charge in [-0.1, -0.05) is 35.9 Å². The first-order valence-electron chi connectivity index (χ1n) is 6.00. The molecule has 2 aromatic rings. The van der Waals surface area contributed by atoms with E-state index >= 15 is 0 Å². The van der Waals surface area contributed by atoms with Crippen LogP contribution in [0, 0.1) is 12.7 Å². The van der Waals surface area contributed by atoms with Crippen molar-refractivity contribution >= 4 is 11.6 Å². The maximum atomic E-state index is 13.0. The maximum absolute atomic E-state index is 13.0. The van der Waals surface area contributed by atoms with Crippen LogP contribution in [0.15, 0.2) is 36.4 Å². The van der Waals surface area contributed by atoms with Crippen LogP contribution in [-0.4, -0.2) is 5.11 Å². The summed E-state index contributed by atoms with van der Waals surface area (Å²) < 4.78 is 13.0. The van der Waals surface area contributed by atoms with Crippen molar-refractivity contribution in [2.75, 3.05) is 0 Å². The van der Waals surface area contributed by atoms with Crippen LogP contribution in [0.1, 0.15) is 16.7 Å². The van der Waals surface area contributed by atoms with Gasteiger partial charge in [-0.15, -0.1) is 0 Å². The van der Waals surface area contributed by atoms with Gasteiger partial charge in [0.15, 0.2) is 0 Å². The molecule has 0 amide bonds. The summed E-state index contributed by atoms with van der Waals surface area (Å²) in [5.74, 6) is -0.103. The number of nitrogens with one attached hydrogen (secondary N) is 1. The second-order valence-corrected chi connectivity index (χ2v) is 4.84. The molecule has 0 aromatic heterocycles. The number of para-hydroxylation sites is 1. The molecule has 0 atom stereocenters. The first-order chi connectivity index (χ1) is 9.08. The minimum Gasteiger partial charge on any atom is -0.507 e. The van der Waals surface area contributed by atoms with E-state index in [4.69, 9.17) is 11.6 Å². The first-order valence-corrected chi connectivity index (χ1v) is 6.38. The standard InChI is InChI=1S/C15H15ClFNO/c1-10-3-2-4-12(15(10)19)9-18-8-11-5-6-14(17)13(16)7-11/h2-7,18-19H,8-9H2,1H3. The molecule has 0 saturated heterocycles. The summed E-state index contributed by atoms with van der Waals surface area (Å²) in [5.41, 5.74) is 2.59. The van der Waals surface area contributed by atoms with Gasteiger partial charge in [-0.05, 0) is 30.2 Å².